The van der Waals surface area contributed by atoms with E-state index in [-0.39, 0.29) is 11.8 Å². The predicted molar refractivity (Wildman–Crippen MR) is 65.0 cm³/mol. The van der Waals surface area contributed by atoms with Crippen molar-refractivity contribution in [3.63, 3.8) is 0 Å². The van der Waals surface area contributed by atoms with Crippen molar-refractivity contribution in [3.05, 3.63) is 41.6 Å². The second-order valence-electron chi connectivity index (χ2n) is 4.66. The molecule has 1 aromatic heterocycles. The molecule has 2 aromatic rings. The van der Waals surface area contributed by atoms with E-state index in [9.17, 15) is 4.79 Å². The summed E-state index contributed by atoms with van der Waals surface area (Å²) in [7, 11) is 0. The maximum atomic E-state index is 11.0. The first-order valence-corrected chi connectivity index (χ1v) is 5.76. The molecule has 86 valence electrons. The van der Waals surface area contributed by atoms with Crippen molar-refractivity contribution >= 4 is 16.9 Å². The summed E-state index contributed by atoms with van der Waals surface area (Å²) in [6, 6.07) is 9.95. The number of benzene rings is 1. The van der Waals surface area contributed by atoms with Crippen molar-refractivity contribution in [2.24, 2.45) is 5.92 Å². The molecule has 3 heteroatoms. The molecule has 0 spiro atoms. The zero-order chi connectivity index (χ0) is 12.0. The standard InChI is InChI=1S/C14H13NO2/c1-8-6-10(11-7-12(11)14(16)17)9-4-2-3-5-13(9)15-8/h2-6,11-12H,7H2,1H3,(H,16,17). The lowest BCUT2D eigenvalue weighted by molar-refractivity contribution is -0.138. The van der Waals surface area contributed by atoms with Crippen LogP contribution in [0.4, 0.5) is 0 Å². The van der Waals surface area contributed by atoms with Crippen LogP contribution in [0.3, 0.4) is 0 Å². The van der Waals surface area contributed by atoms with Crippen LogP contribution in [0.2, 0.25) is 0 Å². The van der Waals surface area contributed by atoms with E-state index in [1.165, 1.54) is 0 Å². The van der Waals surface area contributed by atoms with Crippen molar-refractivity contribution < 1.29 is 9.90 Å². The highest BCUT2D eigenvalue weighted by Crippen LogP contribution is 2.49. The molecule has 2 unspecified atom stereocenters. The van der Waals surface area contributed by atoms with Crippen LogP contribution in [0.5, 0.6) is 0 Å². The normalized spacial score (nSPS) is 22.6. The Morgan fingerprint density at radius 2 is 2.18 bits per heavy atom. The highest BCUT2D eigenvalue weighted by Gasteiger charge is 2.44. The number of aliphatic carboxylic acids is 1. The molecule has 3 nitrogen and oxygen atoms in total. The Hall–Kier alpha value is -1.90. The van der Waals surface area contributed by atoms with Crippen molar-refractivity contribution in [2.45, 2.75) is 19.3 Å². The van der Waals surface area contributed by atoms with Crippen LogP contribution in [0, 0.1) is 12.8 Å². The lowest BCUT2D eigenvalue weighted by Crippen LogP contribution is -2.00. The molecule has 0 amide bonds. The summed E-state index contributed by atoms with van der Waals surface area (Å²) in [5, 5.41) is 10.1. The van der Waals surface area contributed by atoms with Gasteiger partial charge in [-0.1, -0.05) is 18.2 Å². The monoisotopic (exact) mass is 227 g/mol. The van der Waals surface area contributed by atoms with Gasteiger partial charge in [-0.3, -0.25) is 9.78 Å². The molecule has 1 saturated carbocycles. The van der Waals surface area contributed by atoms with Gasteiger partial charge in [-0.25, -0.2) is 0 Å². The zero-order valence-corrected chi connectivity index (χ0v) is 9.55. The topological polar surface area (TPSA) is 50.2 Å². The molecule has 0 aliphatic heterocycles. The first-order chi connectivity index (χ1) is 8.16. The summed E-state index contributed by atoms with van der Waals surface area (Å²) in [5.41, 5.74) is 3.05. The number of rotatable bonds is 2. The van der Waals surface area contributed by atoms with Gasteiger partial charge in [0.05, 0.1) is 11.4 Å². The Kier molecular flexibility index (Phi) is 2.15. The lowest BCUT2D eigenvalue weighted by atomic mass is 10.0. The van der Waals surface area contributed by atoms with Gasteiger partial charge in [0.2, 0.25) is 0 Å². The maximum Gasteiger partial charge on any atom is 0.307 e. The Morgan fingerprint density at radius 3 is 2.88 bits per heavy atom. The number of fused-ring (bicyclic) bond motifs is 1. The fraction of sp³-hybridized carbons (Fsp3) is 0.286. The second kappa shape index (κ2) is 3.55. The second-order valence-corrected chi connectivity index (χ2v) is 4.66. The quantitative estimate of drug-likeness (QED) is 0.858. The van der Waals surface area contributed by atoms with E-state index in [1.807, 2.05) is 37.3 Å². The van der Waals surface area contributed by atoms with Crippen LogP contribution in [0.15, 0.2) is 30.3 Å². The third-order valence-corrected chi connectivity index (χ3v) is 3.38. The Morgan fingerprint density at radius 1 is 1.41 bits per heavy atom. The number of carboxylic acids is 1. The van der Waals surface area contributed by atoms with Crippen molar-refractivity contribution in [3.8, 4) is 0 Å². The van der Waals surface area contributed by atoms with Gasteiger partial charge in [-0.2, -0.15) is 0 Å². The summed E-state index contributed by atoms with van der Waals surface area (Å²) in [6.45, 7) is 1.95. The molecule has 17 heavy (non-hydrogen) atoms. The molecular formula is C14H13NO2. The molecule has 1 aromatic carbocycles. The zero-order valence-electron chi connectivity index (χ0n) is 9.55. The first kappa shape index (κ1) is 10.3. The Bertz CT molecular complexity index is 606. The van der Waals surface area contributed by atoms with Crippen LogP contribution in [0.25, 0.3) is 10.9 Å². The number of carbonyl (C=O) groups is 1. The summed E-state index contributed by atoms with van der Waals surface area (Å²) in [6.07, 6.45) is 0.753. The molecular weight excluding hydrogens is 214 g/mol. The number of carboxylic acid groups (broad SMARTS) is 1. The molecule has 0 radical (unpaired) electrons. The molecule has 1 aliphatic carbocycles. The van der Waals surface area contributed by atoms with Gasteiger partial charge in [0, 0.05) is 11.1 Å². The molecule has 1 heterocycles. The van der Waals surface area contributed by atoms with Gasteiger partial charge in [0.15, 0.2) is 0 Å². The Labute approximate surface area is 99.1 Å². The van der Waals surface area contributed by atoms with E-state index in [4.69, 9.17) is 5.11 Å². The van der Waals surface area contributed by atoms with Gasteiger partial charge in [0.25, 0.3) is 0 Å². The number of pyridine rings is 1. The number of aromatic nitrogens is 1. The molecule has 0 bridgehead atoms. The van der Waals surface area contributed by atoms with E-state index < -0.39 is 5.97 Å². The van der Waals surface area contributed by atoms with E-state index >= 15 is 0 Å². The summed E-state index contributed by atoms with van der Waals surface area (Å²) in [4.78, 5) is 15.4. The van der Waals surface area contributed by atoms with Crippen LogP contribution in [0.1, 0.15) is 23.6 Å². The third-order valence-electron chi connectivity index (χ3n) is 3.38. The number of aryl methyl sites for hydroxylation is 1. The van der Waals surface area contributed by atoms with Crippen LogP contribution in [-0.2, 0) is 4.79 Å². The Balaban J connectivity index is 2.13. The summed E-state index contributed by atoms with van der Waals surface area (Å²) < 4.78 is 0. The van der Waals surface area contributed by atoms with Gasteiger partial charge in [-0.15, -0.1) is 0 Å². The average Bonchev–Trinajstić information content (AvgIpc) is 3.07. The van der Waals surface area contributed by atoms with E-state index in [0.717, 1.165) is 28.6 Å². The lowest BCUT2D eigenvalue weighted by Gasteiger charge is -2.06. The number of nitrogens with zero attached hydrogens (tertiary/aromatic N) is 1. The maximum absolute atomic E-state index is 11.0. The number of hydrogen-bond acceptors (Lipinski definition) is 2. The molecule has 3 rings (SSSR count). The van der Waals surface area contributed by atoms with Crippen LogP contribution in [-0.4, -0.2) is 16.1 Å². The fourth-order valence-corrected chi connectivity index (χ4v) is 2.46. The predicted octanol–water partition coefficient (Wildman–Crippen LogP) is 2.73. The largest absolute Gasteiger partial charge is 0.481 e. The molecule has 1 aliphatic rings. The SMILES string of the molecule is Cc1cc(C2CC2C(=O)O)c2ccccc2n1. The number of para-hydroxylation sites is 1. The molecule has 2 atom stereocenters. The van der Waals surface area contributed by atoms with Crippen molar-refractivity contribution in [2.75, 3.05) is 0 Å². The van der Waals surface area contributed by atoms with Crippen LogP contribution >= 0.6 is 0 Å². The minimum Gasteiger partial charge on any atom is -0.481 e. The molecule has 0 saturated heterocycles. The minimum absolute atomic E-state index is 0.166. The average molecular weight is 227 g/mol. The third kappa shape index (κ3) is 1.68. The highest BCUT2D eigenvalue weighted by atomic mass is 16.4. The van der Waals surface area contributed by atoms with E-state index in [0.29, 0.717) is 0 Å². The van der Waals surface area contributed by atoms with E-state index in [1.54, 1.807) is 0 Å². The van der Waals surface area contributed by atoms with E-state index in [2.05, 4.69) is 4.98 Å². The van der Waals surface area contributed by atoms with Gasteiger partial charge >= 0.3 is 5.97 Å². The van der Waals surface area contributed by atoms with Crippen molar-refractivity contribution in [1.82, 2.24) is 4.98 Å². The first-order valence-electron chi connectivity index (χ1n) is 5.76. The van der Waals surface area contributed by atoms with Crippen molar-refractivity contribution in [1.29, 1.82) is 0 Å². The smallest absolute Gasteiger partial charge is 0.307 e. The summed E-state index contributed by atoms with van der Waals surface area (Å²) >= 11 is 0. The molecule has 1 fully saturated rings. The summed E-state index contributed by atoms with van der Waals surface area (Å²) in [5.74, 6) is -0.729. The fourth-order valence-electron chi connectivity index (χ4n) is 2.46. The molecule has 1 N–H and O–H groups in total. The number of hydrogen-bond donors (Lipinski definition) is 1. The van der Waals surface area contributed by atoms with Gasteiger partial charge in [0.1, 0.15) is 0 Å². The highest BCUT2D eigenvalue weighted by molar-refractivity contribution is 5.85. The minimum atomic E-state index is -0.687. The van der Waals surface area contributed by atoms with Crippen LogP contribution < -0.4 is 0 Å². The van der Waals surface area contributed by atoms with Gasteiger partial charge < -0.3 is 5.11 Å². The van der Waals surface area contributed by atoms with Gasteiger partial charge in [-0.05, 0) is 37.0 Å².